The van der Waals surface area contributed by atoms with Crippen molar-refractivity contribution in [3.63, 3.8) is 0 Å². The van der Waals surface area contributed by atoms with Gasteiger partial charge in [-0.3, -0.25) is 14.5 Å². The van der Waals surface area contributed by atoms with Gasteiger partial charge in [-0.15, -0.1) is 0 Å². The molecule has 28 heavy (non-hydrogen) atoms. The first-order valence-electron chi connectivity index (χ1n) is 10.1. The number of piperidine rings is 1. The molecule has 1 N–H and O–H groups in total. The fourth-order valence-electron chi connectivity index (χ4n) is 3.98. The average molecular weight is 381 g/mol. The SMILES string of the molecule is CCN1CCn2cc(C(=O)NC3CCN(Cc4ccccc4)CC3)nc2C1=O. The summed E-state index contributed by atoms with van der Waals surface area (Å²) in [6, 6.07) is 10.6. The summed E-state index contributed by atoms with van der Waals surface area (Å²) >= 11 is 0. The predicted octanol–water partition coefficient (Wildman–Crippen LogP) is 1.75. The number of aromatic nitrogens is 2. The van der Waals surface area contributed by atoms with Crippen molar-refractivity contribution >= 4 is 11.8 Å². The number of likely N-dealkylation sites (tertiary alicyclic amines) is 1. The molecule has 1 aromatic carbocycles. The van der Waals surface area contributed by atoms with Gasteiger partial charge in [0.25, 0.3) is 11.8 Å². The van der Waals surface area contributed by atoms with Gasteiger partial charge in [0, 0.05) is 51.5 Å². The Kier molecular flexibility index (Phi) is 5.43. The molecule has 3 heterocycles. The third-order valence-corrected chi connectivity index (χ3v) is 5.65. The van der Waals surface area contributed by atoms with Crippen LogP contribution in [0.5, 0.6) is 0 Å². The second-order valence-electron chi connectivity index (χ2n) is 7.54. The molecule has 1 aromatic heterocycles. The second-order valence-corrected chi connectivity index (χ2v) is 7.54. The minimum atomic E-state index is -0.181. The number of amides is 2. The summed E-state index contributed by atoms with van der Waals surface area (Å²) in [5.74, 6) is 0.0946. The van der Waals surface area contributed by atoms with Crippen LogP contribution in [-0.2, 0) is 13.1 Å². The zero-order chi connectivity index (χ0) is 19.5. The lowest BCUT2D eigenvalue weighted by molar-refractivity contribution is 0.0707. The number of nitrogens with one attached hydrogen (secondary N) is 1. The van der Waals surface area contributed by atoms with E-state index in [1.165, 1.54) is 5.56 Å². The molecule has 1 fully saturated rings. The van der Waals surface area contributed by atoms with Crippen molar-refractivity contribution in [2.45, 2.75) is 38.9 Å². The summed E-state index contributed by atoms with van der Waals surface area (Å²) in [5.41, 5.74) is 1.66. The first-order valence-corrected chi connectivity index (χ1v) is 10.1. The van der Waals surface area contributed by atoms with E-state index in [2.05, 4.69) is 39.5 Å². The van der Waals surface area contributed by atoms with E-state index in [9.17, 15) is 9.59 Å². The predicted molar refractivity (Wildman–Crippen MR) is 106 cm³/mol. The highest BCUT2D eigenvalue weighted by Gasteiger charge is 2.28. The number of hydrogen-bond donors (Lipinski definition) is 1. The van der Waals surface area contributed by atoms with E-state index in [1.54, 1.807) is 15.7 Å². The number of likely N-dealkylation sites (N-methyl/N-ethyl adjacent to an activating group) is 1. The zero-order valence-electron chi connectivity index (χ0n) is 16.3. The van der Waals surface area contributed by atoms with Gasteiger partial charge in [-0.2, -0.15) is 0 Å². The molecule has 0 unspecified atom stereocenters. The highest BCUT2D eigenvalue weighted by atomic mass is 16.2. The van der Waals surface area contributed by atoms with Crippen molar-refractivity contribution < 1.29 is 9.59 Å². The normalized spacial score (nSPS) is 18.2. The maximum Gasteiger partial charge on any atom is 0.289 e. The lowest BCUT2D eigenvalue weighted by Gasteiger charge is -2.32. The molecule has 0 bridgehead atoms. The van der Waals surface area contributed by atoms with Crippen LogP contribution in [0.1, 0.15) is 46.4 Å². The van der Waals surface area contributed by atoms with E-state index in [4.69, 9.17) is 0 Å². The smallest absolute Gasteiger partial charge is 0.289 e. The number of carbonyl (C=O) groups excluding carboxylic acids is 2. The molecule has 0 radical (unpaired) electrons. The van der Waals surface area contributed by atoms with Gasteiger partial charge in [-0.25, -0.2) is 4.98 Å². The van der Waals surface area contributed by atoms with Crippen LogP contribution in [0.4, 0.5) is 0 Å². The lowest BCUT2D eigenvalue weighted by atomic mass is 10.0. The van der Waals surface area contributed by atoms with Crippen LogP contribution >= 0.6 is 0 Å². The van der Waals surface area contributed by atoms with Crippen molar-refractivity contribution in [3.05, 3.63) is 53.6 Å². The average Bonchev–Trinajstić information content (AvgIpc) is 3.16. The molecule has 2 aliphatic heterocycles. The molecule has 7 nitrogen and oxygen atoms in total. The Morgan fingerprint density at radius 3 is 2.61 bits per heavy atom. The number of imidazole rings is 1. The summed E-state index contributed by atoms with van der Waals surface area (Å²) in [6.07, 6.45) is 3.56. The quantitative estimate of drug-likeness (QED) is 0.857. The van der Waals surface area contributed by atoms with Crippen LogP contribution in [-0.4, -0.2) is 63.4 Å². The molecule has 0 spiro atoms. The molecule has 4 rings (SSSR count). The third kappa shape index (κ3) is 3.94. The Balaban J connectivity index is 1.31. The number of hydrogen-bond acceptors (Lipinski definition) is 4. The number of rotatable bonds is 5. The summed E-state index contributed by atoms with van der Waals surface area (Å²) in [7, 11) is 0. The molecule has 148 valence electrons. The van der Waals surface area contributed by atoms with Gasteiger partial charge in [-0.05, 0) is 25.3 Å². The van der Waals surface area contributed by atoms with Crippen LogP contribution in [0.15, 0.2) is 36.5 Å². The Bertz CT molecular complexity index is 840. The van der Waals surface area contributed by atoms with Gasteiger partial charge in [0.2, 0.25) is 0 Å². The molecular weight excluding hydrogens is 354 g/mol. The summed E-state index contributed by atoms with van der Waals surface area (Å²) < 4.78 is 1.80. The number of nitrogens with zero attached hydrogens (tertiary/aromatic N) is 4. The topological polar surface area (TPSA) is 70.5 Å². The molecule has 0 aliphatic carbocycles. The maximum absolute atomic E-state index is 12.6. The van der Waals surface area contributed by atoms with E-state index in [-0.39, 0.29) is 17.9 Å². The molecule has 2 amide bonds. The summed E-state index contributed by atoms with van der Waals surface area (Å²) in [4.78, 5) is 33.5. The number of fused-ring (bicyclic) bond motifs is 1. The van der Waals surface area contributed by atoms with Gasteiger partial charge in [0.1, 0.15) is 5.69 Å². The fraction of sp³-hybridized carbons (Fsp3) is 0.476. The van der Waals surface area contributed by atoms with E-state index < -0.39 is 0 Å². The van der Waals surface area contributed by atoms with Gasteiger partial charge >= 0.3 is 0 Å². The van der Waals surface area contributed by atoms with Crippen LogP contribution in [0.3, 0.4) is 0 Å². The largest absolute Gasteiger partial charge is 0.348 e. The minimum absolute atomic E-state index is 0.0954. The summed E-state index contributed by atoms with van der Waals surface area (Å²) in [6.45, 7) is 6.84. The highest BCUT2D eigenvalue weighted by Crippen LogP contribution is 2.16. The standard InChI is InChI=1S/C21H27N5O2/c1-2-25-12-13-26-15-18(23-19(26)21(25)28)20(27)22-17-8-10-24(11-9-17)14-16-6-4-3-5-7-16/h3-7,15,17H,2,8-14H2,1H3,(H,22,27). The van der Waals surface area contributed by atoms with Gasteiger partial charge in [0.15, 0.2) is 5.82 Å². The Hall–Kier alpha value is -2.67. The van der Waals surface area contributed by atoms with E-state index in [1.807, 2.05) is 13.0 Å². The molecule has 1 saturated heterocycles. The maximum atomic E-state index is 12.6. The Labute approximate surface area is 165 Å². The zero-order valence-corrected chi connectivity index (χ0v) is 16.3. The van der Waals surface area contributed by atoms with E-state index >= 15 is 0 Å². The molecular formula is C21H27N5O2. The minimum Gasteiger partial charge on any atom is -0.348 e. The van der Waals surface area contributed by atoms with Crippen molar-refractivity contribution in [2.24, 2.45) is 0 Å². The third-order valence-electron chi connectivity index (χ3n) is 5.65. The van der Waals surface area contributed by atoms with Gasteiger partial charge < -0.3 is 14.8 Å². The molecule has 2 aliphatic rings. The molecule has 0 atom stereocenters. The monoisotopic (exact) mass is 381 g/mol. The number of benzene rings is 1. The summed E-state index contributed by atoms with van der Waals surface area (Å²) in [5, 5.41) is 3.10. The first kappa shape index (κ1) is 18.7. The van der Waals surface area contributed by atoms with Crippen LogP contribution in [0.25, 0.3) is 0 Å². The van der Waals surface area contributed by atoms with Gasteiger partial charge in [-0.1, -0.05) is 30.3 Å². The second kappa shape index (κ2) is 8.14. The van der Waals surface area contributed by atoms with E-state index in [0.717, 1.165) is 32.5 Å². The van der Waals surface area contributed by atoms with Crippen LogP contribution < -0.4 is 5.32 Å². The van der Waals surface area contributed by atoms with Crippen molar-refractivity contribution in [1.82, 2.24) is 24.7 Å². The first-order chi connectivity index (χ1) is 13.6. The molecule has 0 saturated carbocycles. The fourth-order valence-corrected chi connectivity index (χ4v) is 3.98. The van der Waals surface area contributed by atoms with E-state index in [0.29, 0.717) is 31.2 Å². The van der Waals surface area contributed by atoms with Crippen molar-refractivity contribution in [3.8, 4) is 0 Å². The lowest BCUT2D eigenvalue weighted by Crippen LogP contribution is -2.44. The van der Waals surface area contributed by atoms with Gasteiger partial charge in [0.05, 0.1) is 0 Å². The highest BCUT2D eigenvalue weighted by molar-refractivity contribution is 5.96. The molecule has 2 aromatic rings. The number of carbonyl (C=O) groups is 2. The molecule has 7 heteroatoms. The Morgan fingerprint density at radius 2 is 1.89 bits per heavy atom. The van der Waals surface area contributed by atoms with Crippen LogP contribution in [0.2, 0.25) is 0 Å². The Morgan fingerprint density at radius 1 is 1.14 bits per heavy atom. The van der Waals surface area contributed by atoms with Crippen molar-refractivity contribution in [1.29, 1.82) is 0 Å². The van der Waals surface area contributed by atoms with Crippen LogP contribution in [0, 0.1) is 0 Å². The van der Waals surface area contributed by atoms with Crippen molar-refractivity contribution in [2.75, 3.05) is 26.2 Å².